The van der Waals surface area contributed by atoms with E-state index in [9.17, 15) is 0 Å². The number of nitrogens with one attached hydrogen (secondary N) is 1. The topological polar surface area (TPSA) is 26.2 Å². The molecule has 0 fully saturated rings. The average Bonchev–Trinajstić information content (AvgIpc) is 2.72. The Labute approximate surface area is 102 Å². The van der Waals surface area contributed by atoms with E-state index in [1.165, 1.54) is 10.9 Å². The molecule has 17 heavy (non-hydrogen) atoms. The van der Waals surface area contributed by atoms with Gasteiger partial charge in [0.15, 0.2) is 0 Å². The van der Waals surface area contributed by atoms with Crippen LogP contribution in [0.3, 0.4) is 0 Å². The molecule has 0 amide bonds. The molecule has 3 heteroatoms. The molecule has 1 aromatic heterocycles. The van der Waals surface area contributed by atoms with Gasteiger partial charge in [-0.3, -0.25) is 0 Å². The molecule has 1 aromatic carbocycles. The van der Waals surface area contributed by atoms with Gasteiger partial charge >= 0.3 is 0 Å². The molecule has 1 N–H and O–H groups in total. The van der Waals surface area contributed by atoms with Gasteiger partial charge in [0.1, 0.15) is 5.75 Å². The monoisotopic (exact) mass is 232 g/mol. The van der Waals surface area contributed by atoms with E-state index in [-0.39, 0.29) is 0 Å². The van der Waals surface area contributed by atoms with E-state index in [1.807, 2.05) is 12.1 Å². The van der Waals surface area contributed by atoms with E-state index in [4.69, 9.17) is 4.74 Å². The van der Waals surface area contributed by atoms with Crippen molar-refractivity contribution >= 4 is 10.9 Å². The summed E-state index contributed by atoms with van der Waals surface area (Å²) in [7, 11) is 1.71. The van der Waals surface area contributed by atoms with Crippen molar-refractivity contribution in [3.05, 3.63) is 30.5 Å². The van der Waals surface area contributed by atoms with Crippen LogP contribution in [0.25, 0.3) is 10.9 Å². The maximum atomic E-state index is 5.35. The minimum absolute atomic E-state index is 0.534. The number of benzene rings is 1. The average molecular weight is 232 g/mol. The maximum Gasteiger partial charge on any atom is 0.128 e. The van der Waals surface area contributed by atoms with Crippen molar-refractivity contribution in [2.45, 2.75) is 26.4 Å². The van der Waals surface area contributed by atoms with Gasteiger partial charge in [-0.1, -0.05) is 19.9 Å². The maximum absolute atomic E-state index is 5.35. The molecule has 0 atom stereocenters. The van der Waals surface area contributed by atoms with Crippen LogP contribution in [0.1, 0.15) is 13.8 Å². The Morgan fingerprint density at radius 2 is 2.12 bits per heavy atom. The minimum Gasteiger partial charge on any atom is -0.496 e. The van der Waals surface area contributed by atoms with Gasteiger partial charge in [-0.2, -0.15) is 0 Å². The highest BCUT2D eigenvalue weighted by molar-refractivity contribution is 5.86. The zero-order valence-corrected chi connectivity index (χ0v) is 10.7. The van der Waals surface area contributed by atoms with E-state index in [0.29, 0.717) is 6.04 Å². The Morgan fingerprint density at radius 3 is 2.82 bits per heavy atom. The summed E-state index contributed by atoms with van der Waals surface area (Å²) in [5.74, 6) is 0.943. The third-order valence-corrected chi connectivity index (χ3v) is 2.90. The van der Waals surface area contributed by atoms with Crippen LogP contribution >= 0.6 is 0 Å². The van der Waals surface area contributed by atoms with Crippen molar-refractivity contribution in [1.82, 2.24) is 9.88 Å². The summed E-state index contributed by atoms with van der Waals surface area (Å²) in [6, 6.07) is 8.81. The first-order valence-corrected chi connectivity index (χ1v) is 6.07. The zero-order chi connectivity index (χ0) is 12.3. The summed E-state index contributed by atoms with van der Waals surface area (Å²) in [6.07, 6.45) is 2.12. The summed E-state index contributed by atoms with van der Waals surface area (Å²) in [4.78, 5) is 0. The Morgan fingerprint density at radius 1 is 1.29 bits per heavy atom. The van der Waals surface area contributed by atoms with Crippen molar-refractivity contribution in [1.29, 1.82) is 0 Å². The molecular weight excluding hydrogens is 212 g/mol. The molecule has 0 unspecified atom stereocenters. The van der Waals surface area contributed by atoms with Crippen LogP contribution in [0.5, 0.6) is 5.75 Å². The van der Waals surface area contributed by atoms with E-state index < -0.39 is 0 Å². The molecule has 0 aliphatic heterocycles. The molecule has 0 radical (unpaired) electrons. The molecule has 2 aromatic rings. The standard InChI is InChI=1S/C14H20N2O/c1-11(2)15-8-10-16-9-7-12-13(16)5-4-6-14(12)17-3/h4-7,9,11,15H,8,10H2,1-3H3. The molecule has 0 spiro atoms. The van der Waals surface area contributed by atoms with Crippen LogP contribution < -0.4 is 10.1 Å². The lowest BCUT2D eigenvalue weighted by Gasteiger charge is -2.10. The van der Waals surface area contributed by atoms with Crippen molar-refractivity contribution in [3.8, 4) is 5.75 Å². The molecule has 0 saturated heterocycles. The van der Waals surface area contributed by atoms with E-state index >= 15 is 0 Å². The number of nitrogens with zero attached hydrogens (tertiary/aromatic N) is 1. The fourth-order valence-corrected chi connectivity index (χ4v) is 2.04. The Bertz CT molecular complexity index is 488. The molecule has 3 nitrogen and oxygen atoms in total. The predicted molar refractivity (Wildman–Crippen MR) is 71.6 cm³/mol. The van der Waals surface area contributed by atoms with Gasteiger partial charge in [-0.05, 0) is 18.2 Å². The third kappa shape index (κ3) is 2.61. The van der Waals surface area contributed by atoms with Crippen LogP contribution in [0.4, 0.5) is 0 Å². The number of methoxy groups -OCH3 is 1. The quantitative estimate of drug-likeness (QED) is 0.857. The molecule has 0 bridgehead atoms. The van der Waals surface area contributed by atoms with Gasteiger partial charge in [-0.25, -0.2) is 0 Å². The molecule has 0 saturated carbocycles. The number of fused-ring (bicyclic) bond motifs is 1. The first kappa shape index (κ1) is 12.0. The van der Waals surface area contributed by atoms with Crippen LogP contribution in [0.15, 0.2) is 30.5 Å². The smallest absolute Gasteiger partial charge is 0.128 e. The molecule has 1 heterocycles. The van der Waals surface area contributed by atoms with Crippen LogP contribution in [0.2, 0.25) is 0 Å². The summed E-state index contributed by atoms with van der Waals surface area (Å²) in [5, 5.41) is 4.61. The van der Waals surface area contributed by atoms with Crippen LogP contribution in [-0.4, -0.2) is 24.3 Å². The first-order chi connectivity index (χ1) is 8.22. The number of aromatic nitrogens is 1. The fourth-order valence-electron chi connectivity index (χ4n) is 2.04. The minimum atomic E-state index is 0.534. The highest BCUT2D eigenvalue weighted by atomic mass is 16.5. The van der Waals surface area contributed by atoms with Gasteiger partial charge in [0.2, 0.25) is 0 Å². The summed E-state index contributed by atoms with van der Waals surface area (Å²) in [5.41, 5.74) is 1.23. The lowest BCUT2D eigenvalue weighted by atomic mass is 10.2. The van der Waals surface area contributed by atoms with Gasteiger partial charge < -0.3 is 14.6 Å². The second-order valence-corrected chi connectivity index (χ2v) is 4.51. The van der Waals surface area contributed by atoms with E-state index in [2.05, 4.69) is 42.1 Å². The lowest BCUT2D eigenvalue weighted by Crippen LogP contribution is -2.26. The Hall–Kier alpha value is -1.48. The normalized spacial score (nSPS) is 11.3. The second kappa shape index (κ2) is 5.23. The summed E-state index contributed by atoms with van der Waals surface area (Å²) < 4.78 is 7.61. The van der Waals surface area contributed by atoms with Gasteiger partial charge in [-0.15, -0.1) is 0 Å². The van der Waals surface area contributed by atoms with Crippen molar-refractivity contribution in [3.63, 3.8) is 0 Å². The van der Waals surface area contributed by atoms with E-state index in [1.54, 1.807) is 7.11 Å². The van der Waals surface area contributed by atoms with Gasteiger partial charge in [0, 0.05) is 30.7 Å². The summed E-state index contributed by atoms with van der Waals surface area (Å²) >= 11 is 0. The zero-order valence-electron chi connectivity index (χ0n) is 10.7. The molecular formula is C14H20N2O. The van der Waals surface area contributed by atoms with Crippen molar-refractivity contribution in [2.75, 3.05) is 13.7 Å². The number of rotatable bonds is 5. The van der Waals surface area contributed by atoms with E-state index in [0.717, 1.165) is 18.8 Å². The fraction of sp³-hybridized carbons (Fsp3) is 0.429. The second-order valence-electron chi connectivity index (χ2n) is 4.51. The molecule has 2 rings (SSSR count). The number of hydrogen-bond donors (Lipinski definition) is 1. The predicted octanol–water partition coefficient (Wildman–Crippen LogP) is 2.65. The van der Waals surface area contributed by atoms with Crippen LogP contribution in [-0.2, 0) is 6.54 Å². The Balaban J connectivity index is 2.18. The van der Waals surface area contributed by atoms with Crippen molar-refractivity contribution < 1.29 is 4.74 Å². The van der Waals surface area contributed by atoms with Gasteiger partial charge in [0.25, 0.3) is 0 Å². The highest BCUT2D eigenvalue weighted by Crippen LogP contribution is 2.25. The van der Waals surface area contributed by atoms with Crippen molar-refractivity contribution in [2.24, 2.45) is 0 Å². The molecule has 0 aliphatic carbocycles. The SMILES string of the molecule is COc1cccc2c1ccn2CCNC(C)C. The summed E-state index contributed by atoms with van der Waals surface area (Å²) in [6.45, 7) is 6.29. The Kier molecular flexibility index (Phi) is 3.69. The third-order valence-electron chi connectivity index (χ3n) is 2.90. The number of ether oxygens (including phenoxy) is 1. The molecule has 0 aliphatic rings. The molecule has 92 valence electrons. The highest BCUT2D eigenvalue weighted by Gasteiger charge is 2.05. The number of hydrogen-bond acceptors (Lipinski definition) is 2. The van der Waals surface area contributed by atoms with Gasteiger partial charge in [0.05, 0.1) is 12.6 Å². The largest absolute Gasteiger partial charge is 0.496 e. The lowest BCUT2D eigenvalue weighted by molar-refractivity contribution is 0.420. The van der Waals surface area contributed by atoms with Crippen LogP contribution in [0, 0.1) is 0 Å². The first-order valence-electron chi connectivity index (χ1n) is 6.07.